The van der Waals surface area contributed by atoms with Crippen molar-refractivity contribution in [1.29, 1.82) is 0 Å². The molecule has 0 bridgehead atoms. The first-order chi connectivity index (χ1) is 11.1. The maximum atomic E-state index is 12.7. The van der Waals surface area contributed by atoms with Crippen molar-refractivity contribution in [2.75, 3.05) is 31.1 Å². The monoisotopic (exact) mass is 348 g/mol. The molecule has 1 fully saturated rings. The molecule has 0 unspecified atom stereocenters. The molecule has 0 radical (unpaired) electrons. The van der Waals surface area contributed by atoms with Crippen LogP contribution in [0.1, 0.15) is 27.0 Å². The van der Waals surface area contributed by atoms with Gasteiger partial charge >= 0.3 is 0 Å². The number of carbonyl (C=O) groups excluding carboxylic acids is 1. The summed E-state index contributed by atoms with van der Waals surface area (Å²) in [6.45, 7) is 7.34. The van der Waals surface area contributed by atoms with Crippen molar-refractivity contribution in [2.45, 2.75) is 20.3 Å². The minimum Gasteiger partial charge on any atom is -0.367 e. The van der Waals surface area contributed by atoms with Gasteiger partial charge in [0.1, 0.15) is 0 Å². The molecule has 23 heavy (non-hydrogen) atoms. The van der Waals surface area contributed by atoms with Crippen LogP contribution in [0.5, 0.6) is 0 Å². The van der Waals surface area contributed by atoms with E-state index in [0.29, 0.717) is 0 Å². The van der Waals surface area contributed by atoms with Gasteiger partial charge in [-0.15, -0.1) is 11.3 Å². The van der Waals surface area contributed by atoms with Crippen LogP contribution in [-0.4, -0.2) is 37.0 Å². The Hall–Kier alpha value is -1.52. The Balaban J connectivity index is 1.66. The number of carbonyl (C=O) groups is 1. The van der Waals surface area contributed by atoms with Crippen LogP contribution in [0.25, 0.3) is 0 Å². The van der Waals surface area contributed by atoms with Gasteiger partial charge in [-0.3, -0.25) is 4.79 Å². The van der Waals surface area contributed by atoms with Gasteiger partial charge in [0.15, 0.2) is 0 Å². The second-order valence-corrected chi connectivity index (χ2v) is 7.35. The fourth-order valence-corrected chi connectivity index (χ4v) is 4.33. The van der Waals surface area contributed by atoms with Crippen LogP contribution in [-0.2, 0) is 6.42 Å². The molecule has 122 valence electrons. The summed E-state index contributed by atoms with van der Waals surface area (Å²) >= 11 is 7.90. The van der Waals surface area contributed by atoms with E-state index in [9.17, 15) is 4.79 Å². The smallest absolute Gasteiger partial charge is 0.264 e. The fourth-order valence-electron chi connectivity index (χ4n) is 2.99. The second-order valence-electron chi connectivity index (χ2n) is 5.80. The number of thiophene rings is 1. The maximum Gasteiger partial charge on any atom is 0.264 e. The first kappa shape index (κ1) is 16.3. The molecule has 1 aromatic heterocycles. The van der Waals surface area contributed by atoms with Crippen LogP contribution in [0.3, 0.4) is 0 Å². The third-order valence-electron chi connectivity index (χ3n) is 4.31. The zero-order valence-corrected chi connectivity index (χ0v) is 15.1. The van der Waals surface area contributed by atoms with E-state index in [1.165, 1.54) is 10.4 Å². The first-order valence-corrected chi connectivity index (χ1v) is 9.17. The summed E-state index contributed by atoms with van der Waals surface area (Å²) in [5.41, 5.74) is 2.29. The number of hydrogen-bond acceptors (Lipinski definition) is 3. The average molecular weight is 349 g/mol. The lowest BCUT2D eigenvalue weighted by Crippen LogP contribution is -2.48. The predicted octanol–water partition coefficient (Wildman–Crippen LogP) is 4.23. The van der Waals surface area contributed by atoms with Crippen molar-refractivity contribution in [3.05, 3.63) is 50.7 Å². The highest BCUT2D eigenvalue weighted by Crippen LogP contribution is 2.27. The molecule has 0 atom stereocenters. The third-order valence-corrected chi connectivity index (χ3v) is 6.00. The van der Waals surface area contributed by atoms with Gasteiger partial charge in [0.05, 0.1) is 15.6 Å². The molecule has 1 aliphatic heterocycles. The third kappa shape index (κ3) is 3.38. The van der Waals surface area contributed by atoms with Gasteiger partial charge in [0, 0.05) is 31.1 Å². The standard InChI is InChI=1S/C18H21ClN2OS/c1-3-16-13(2)12-17(23-16)18(22)21-10-8-20(9-11-21)15-7-5-4-6-14(15)19/h4-7,12H,3,8-11H2,1-2H3. The summed E-state index contributed by atoms with van der Waals surface area (Å²) in [4.78, 5) is 19.1. The number of benzene rings is 1. The summed E-state index contributed by atoms with van der Waals surface area (Å²) in [5, 5.41) is 0.772. The summed E-state index contributed by atoms with van der Waals surface area (Å²) in [6.07, 6.45) is 0.990. The SMILES string of the molecule is CCc1sc(C(=O)N2CCN(c3ccccc3Cl)CC2)cc1C. The quantitative estimate of drug-likeness (QED) is 0.828. The van der Waals surface area contributed by atoms with Crippen LogP contribution in [0.2, 0.25) is 5.02 Å². The molecule has 1 aliphatic rings. The van der Waals surface area contributed by atoms with Crippen molar-refractivity contribution < 1.29 is 4.79 Å². The molecular weight excluding hydrogens is 328 g/mol. The molecule has 1 saturated heterocycles. The largest absolute Gasteiger partial charge is 0.367 e. The van der Waals surface area contributed by atoms with E-state index >= 15 is 0 Å². The molecule has 5 heteroatoms. The van der Waals surface area contributed by atoms with E-state index in [0.717, 1.165) is 48.2 Å². The van der Waals surface area contributed by atoms with Gasteiger partial charge in [0.2, 0.25) is 0 Å². The lowest BCUT2D eigenvalue weighted by Gasteiger charge is -2.36. The van der Waals surface area contributed by atoms with Gasteiger partial charge in [-0.2, -0.15) is 0 Å². The average Bonchev–Trinajstić information content (AvgIpc) is 2.96. The Morgan fingerprint density at radius 2 is 1.91 bits per heavy atom. The molecular formula is C18H21ClN2OS. The van der Waals surface area contributed by atoms with Crippen molar-refractivity contribution in [3.63, 3.8) is 0 Å². The highest BCUT2D eigenvalue weighted by atomic mass is 35.5. The second kappa shape index (κ2) is 6.93. The van der Waals surface area contributed by atoms with E-state index in [2.05, 4.69) is 18.7 Å². The van der Waals surface area contributed by atoms with Crippen LogP contribution >= 0.6 is 22.9 Å². The summed E-state index contributed by atoms with van der Waals surface area (Å²) in [5.74, 6) is 0.164. The number of nitrogens with zero attached hydrogens (tertiary/aromatic N) is 2. The Bertz CT molecular complexity index is 705. The molecule has 0 spiro atoms. The lowest BCUT2D eigenvalue weighted by atomic mass is 10.2. The minimum absolute atomic E-state index is 0.164. The van der Waals surface area contributed by atoms with E-state index in [4.69, 9.17) is 11.6 Å². The molecule has 0 N–H and O–H groups in total. The topological polar surface area (TPSA) is 23.6 Å². The molecule has 2 heterocycles. The molecule has 1 amide bonds. The van der Waals surface area contributed by atoms with Gasteiger partial charge < -0.3 is 9.80 Å². The zero-order valence-electron chi connectivity index (χ0n) is 13.5. The van der Waals surface area contributed by atoms with Gasteiger partial charge in [0.25, 0.3) is 5.91 Å². The number of amides is 1. The van der Waals surface area contributed by atoms with E-state index in [-0.39, 0.29) is 5.91 Å². The minimum atomic E-state index is 0.164. The van der Waals surface area contributed by atoms with Crippen LogP contribution in [0, 0.1) is 6.92 Å². The van der Waals surface area contributed by atoms with Crippen LogP contribution in [0.15, 0.2) is 30.3 Å². The summed E-state index contributed by atoms with van der Waals surface area (Å²) in [7, 11) is 0. The Morgan fingerprint density at radius 1 is 1.22 bits per heavy atom. The number of piperazine rings is 1. The molecule has 0 aliphatic carbocycles. The van der Waals surface area contributed by atoms with Gasteiger partial charge in [-0.1, -0.05) is 30.7 Å². The van der Waals surface area contributed by atoms with Crippen molar-refractivity contribution >= 4 is 34.5 Å². The first-order valence-electron chi connectivity index (χ1n) is 7.98. The number of rotatable bonds is 3. The van der Waals surface area contributed by atoms with E-state index < -0.39 is 0 Å². The van der Waals surface area contributed by atoms with Crippen LogP contribution in [0.4, 0.5) is 5.69 Å². The van der Waals surface area contributed by atoms with Crippen molar-refractivity contribution in [2.24, 2.45) is 0 Å². The normalized spacial score (nSPS) is 15.1. The predicted molar refractivity (Wildman–Crippen MR) is 98.0 cm³/mol. The Morgan fingerprint density at radius 3 is 2.52 bits per heavy atom. The Labute approximate surface area is 146 Å². The Kier molecular flexibility index (Phi) is 4.93. The number of halogens is 1. The van der Waals surface area contributed by atoms with E-state index in [1.54, 1.807) is 11.3 Å². The van der Waals surface area contributed by atoms with Gasteiger partial charge in [-0.25, -0.2) is 0 Å². The summed E-state index contributed by atoms with van der Waals surface area (Å²) in [6, 6.07) is 9.92. The zero-order chi connectivity index (χ0) is 16.4. The number of aryl methyl sites for hydroxylation is 2. The fraction of sp³-hybridized carbons (Fsp3) is 0.389. The number of hydrogen-bond donors (Lipinski definition) is 0. The molecule has 3 nitrogen and oxygen atoms in total. The highest BCUT2D eigenvalue weighted by Gasteiger charge is 2.24. The molecule has 1 aromatic carbocycles. The molecule has 3 rings (SSSR count). The van der Waals surface area contributed by atoms with Gasteiger partial charge in [-0.05, 0) is 37.1 Å². The maximum absolute atomic E-state index is 12.7. The number of anilines is 1. The number of para-hydroxylation sites is 1. The molecule has 2 aromatic rings. The highest BCUT2D eigenvalue weighted by molar-refractivity contribution is 7.14. The van der Waals surface area contributed by atoms with Crippen molar-refractivity contribution in [1.82, 2.24) is 4.90 Å². The summed E-state index contributed by atoms with van der Waals surface area (Å²) < 4.78 is 0. The lowest BCUT2D eigenvalue weighted by molar-refractivity contribution is 0.0751. The van der Waals surface area contributed by atoms with Crippen molar-refractivity contribution in [3.8, 4) is 0 Å². The van der Waals surface area contributed by atoms with Crippen LogP contribution < -0.4 is 4.90 Å². The molecule has 0 saturated carbocycles. The van der Waals surface area contributed by atoms with E-state index in [1.807, 2.05) is 35.2 Å².